The Morgan fingerprint density at radius 1 is 0.780 bits per heavy atom. The minimum absolute atomic E-state index is 0.743. The molecule has 0 spiro atoms. The van der Waals surface area contributed by atoms with Crippen molar-refractivity contribution in [1.29, 1.82) is 0 Å². The molecule has 0 saturated heterocycles. The highest BCUT2D eigenvalue weighted by molar-refractivity contribution is 8.18. The standard InChI is InChI=1S/C16H13ClN2S2.C15H11ClN2S2/c17-11-7-10-3-6-20-14(10)12(8-11)13-15(9-1-2-9)21-16-18-4-5-19(13)16;1-2-12-13(18-5-4-17-15(18)20-12)11-8-10(16)7-9-3-6-19-14(9)11/h3,6-9H,1-2,4-5H2;2-3,6-8H,1,4-5H2. The van der Waals surface area contributed by atoms with Gasteiger partial charge in [-0.3, -0.25) is 9.98 Å². The normalized spacial score (nSPS) is 19.7. The predicted octanol–water partition coefficient (Wildman–Crippen LogP) is 9.88. The van der Waals surface area contributed by atoms with Crippen LogP contribution in [0.4, 0.5) is 0 Å². The third-order valence-electron chi connectivity index (χ3n) is 7.69. The van der Waals surface area contributed by atoms with Crippen LogP contribution in [0.5, 0.6) is 0 Å². The molecule has 6 heterocycles. The zero-order chi connectivity index (χ0) is 27.7. The third kappa shape index (κ3) is 4.58. The summed E-state index contributed by atoms with van der Waals surface area (Å²) < 4.78 is 2.62. The van der Waals surface area contributed by atoms with Crippen LogP contribution in [0, 0.1) is 5.92 Å². The molecule has 9 rings (SSSR count). The first-order valence-corrected chi connectivity index (χ1v) is 17.7. The van der Waals surface area contributed by atoms with Crippen molar-refractivity contribution in [2.45, 2.75) is 12.8 Å². The Hall–Kier alpha value is -2.20. The monoisotopic (exact) mass is 650 g/mol. The largest absolute Gasteiger partial charge is 0.318 e. The highest BCUT2D eigenvalue weighted by atomic mass is 35.5. The van der Waals surface area contributed by atoms with E-state index in [9.17, 15) is 0 Å². The molecule has 4 nitrogen and oxygen atoms in total. The summed E-state index contributed by atoms with van der Waals surface area (Å²) in [6, 6.07) is 12.6. The minimum atomic E-state index is 0.743. The van der Waals surface area contributed by atoms with Crippen LogP contribution in [0.2, 0.25) is 10.0 Å². The fraction of sp³-hybridized carbons (Fsp3) is 0.226. The summed E-state index contributed by atoms with van der Waals surface area (Å²) in [7, 11) is 0. The van der Waals surface area contributed by atoms with Crippen LogP contribution in [0.1, 0.15) is 24.0 Å². The highest BCUT2D eigenvalue weighted by Gasteiger charge is 2.40. The molecule has 41 heavy (non-hydrogen) atoms. The van der Waals surface area contributed by atoms with Crippen molar-refractivity contribution in [3.8, 4) is 0 Å². The van der Waals surface area contributed by atoms with Gasteiger partial charge in [0.15, 0.2) is 10.3 Å². The lowest BCUT2D eigenvalue weighted by molar-refractivity contribution is 0.646. The second-order valence-electron chi connectivity index (χ2n) is 10.3. The molecular weight excluding hydrogens is 628 g/mol. The molecular formula is C31H24Cl2N4S4. The van der Waals surface area contributed by atoms with E-state index in [0.717, 1.165) is 47.3 Å². The van der Waals surface area contributed by atoms with Gasteiger partial charge in [-0.1, -0.05) is 47.6 Å². The molecule has 1 aliphatic carbocycles. The summed E-state index contributed by atoms with van der Waals surface area (Å²) in [6.07, 6.45) is 4.56. The molecule has 0 amide bonds. The summed E-state index contributed by atoms with van der Waals surface area (Å²) in [6.45, 7) is 7.67. The molecule has 0 radical (unpaired) electrons. The molecule has 4 aliphatic heterocycles. The number of allylic oxidation sites excluding steroid dienone is 2. The number of rotatable bonds is 4. The Bertz CT molecular complexity index is 1880. The number of thioether (sulfide) groups is 2. The summed E-state index contributed by atoms with van der Waals surface area (Å²) in [5.41, 5.74) is 5.08. The van der Waals surface area contributed by atoms with Crippen molar-refractivity contribution in [3.63, 3.8) is 0 Å². The van der Waals surface area contributed by atoms with Gasteiger partial charge in [0.2, 0.25) is 0 Å². The van der Waals surface area contributed by atoms with Gasteiger partial charge in [0.1, 0.15) is 0 Å². The molecule has 4 aromatic rings. The number of benzene rings is 2. The lowest BCUT2D eigenvalue weighted by Crippen LogP contribution is -2.20. The van der Waals surface area contributed by atoms with Crippen LogP contribution in [0.15, 0.2) is 79.6 Å². The van der Waals surface area contributed by atoms with Gasteiger partial charge < -0.3 is 9.80 Å². The van der Waals surface area contributed by atoms with Gasteiger partial charge in [-0.05, 0) is 88.5 Å². The number of halogens is 2. The van der Waals surface area contributed by atoms with Gasteiger partial charge >= 0.3 is 0 Å². The van der Waals surface area contributed by atoms with E-state index in [0.29, 0.717) is 0 Å². The molecule has 1 fully saturated rings. The topological polar surface area (TPSA) is 31.2 Å². The lowest BCUT2D eigenvalue weighted by atomic mass is 10.1. The first-order valence-electron chi connectivity index (χ1n) is 13.5. The van der Waals surface area contributed by atoms with E-state index in [1.54, 1.807) is 23.1 Å². The number of thiophene rings is 2. The zero-order valence-electron chi connectivity index (χ0n) is 21.9. The number of fused-ring (bicyclic) bond motifs is 4. The van der Waals surface area contributed by atoms with Crippen LogP contribution in [0.3, 0.4) is 0 Å². The second-order valence-corrected chi connectivity index (χ2v) is 15.0. The molecule has 206 valence electrons. The Morgan fingerprint density at radius 2 is 1.34 bits per heavy atom. The molecule has 1 saturated carbocycles. The van der Waals surface area contributed by atoms with Crippen molar-refractivity contribution in [3.05, 3.63) is 90.8 Å². The maximum absolute atomic E-state index is 6.37. The van der Waals surface area contributed by atoms with Gasteiger partial charge in [0.05, 0.1) is 24.5 Å². The SMILES string of the molecule is C=CC1=C(c2cc(Cl)cc3ccsc23)N2CCN=C2S1.Clc1cc(C2=C(C3CC3)SC3=NCCN32)c2sccc2c1. The Balaban J connectivity index is 0.000000125. The van der Waals surface area contributed by atoms with E-state index in [4.69, 9.17) is 23.2 Å². The molecule has 5 aliphatic rings. The quantitative estimate of drug-likeness (QED) is 0.220. The number of aliphatic imine (C=N–C) groups is 2. The van der Waals surface area contributed by atoms with Crippen molar-refractivity contribution in [1.82, 2.24) is 9.80 Å². The van der Waals surface area contributed by atoms with Crippen LogP contribution < -0.4 is 0 Å². The zero-order valence-corrected chi connectivity index (χ0v) is 26.7. The number of nitrogens with zero attached hydrogens (tertiary/aromatic N) is 4. The fourth-order valence-corrected chi connectivity index (χ4v) is 10.4. The lowest BCUT2D eigenvalue weighted by Gasteiger charge is -2.18. The van der Waals surface area contributed by atoms with E-state index in [1.165, 1.54) is 70.5 Å². The van der Waals surface area contributed by atoms with Gasteiger partial charge in [0.25, 0.3) is 0 Å². The van der Waals surface area contributed by atoms with Crippen LogP contribution in [0.25, 0.3) is 31.6 Å². The first kappa shape index (κ1) is 26.4. The van der Waals surface area contributed by atoms with Crippen molar-refractivity contribution < 1.29 is 0 Å². The maximum Gasteiger partial charge on any atom is 0.168 e. The van der Waals surface area contributed by atoms with Crippen molar-refractivity contribution in [2.24, 2.45) is 15.9 Å². The van der Waals surface area contributed by atoms with Crippen LogP contribution in [-0.2, 0) is 0 Å². The minimum Gasteiger partial charge on any atom is -0.318 e. The van der Waals surface area contributed by atoms with E-state index >= 15 is 0 Å². The van der Waals surface area contributed by atoms with Crippen LogP contribution >= 0.6 is 69.4 Å². The van der Waals surface area contributed by atoms with Gasteiger partial charge in [0, 0.05) is 53.5 Å². The van der Waals surface area contributed by atoms with E-state index in [1.807, 2.05) is 35.2 Å². The van der Waals surface area contributed by atoms with Crippen molar-refractivity contribution in [2.75, 3.05) is 26.2 Å². The average Bonchev–Trinajstić information content (AvgIpc) is 3.56. The molecule has 0 N–H and O–H groups in total. The summed E-state index contributed by atoms with van der Waals surface area (Å²) in [5, 5.41) is 10.6. The Morgan fingerprint density at radius 3 is 1.93 bits per heavy atom. The summed E-state index contributed by atoms with van der Waals surface area (Å²) >= 11 is 19.8. The van der Waals surface area contributed by atoms with E-state index < -0.39 is 0 Å². The molecule has 0 unspecified atom stereocenters. The second kappa shape index (κ2) is 10.5. The average molecular weight is 652 g/mol. The predicted molar refractivity (Wildman–Crippen MR) is 184 cm³/mol. The first-order chi connectivity index (χ1) is 20.1. The third-order valence-corrected chi connectivity index (χ3v) is 12.4. The maximum atomic E-state index is 6.37. The highest BCUT2D eigenvalue weighted by Crippen LogP contribution is 2.54. The number of hydrogen-bond acceptors (Lipinski definition) is 8. The summed E-state index contributed by atoms with van der Waals surface area (Å²) in [5.74, 6) is 0.743. The molecule has 2 aromatic heterocycles. The summed E-state index contributed by atoms with van der Waals surface area (Å²) in [4.78, 5) is 16.6. The van der Waals surface area contributed by atoms with Crippen molar-refractivity contribution >= 4 is 111 Å². The smallest absolute Gasteiger partial charge is 0.168 e. The Kier molecular flexibility index (Phi) is 6.77. The Labute approximate surface area is 265 Å². The van der Waals surface area contributed by atoms with Crippen LogP contribution in [-0.4, -0.2) is 46.3 Å². The van der Waals surface area contributed by atoms with E-state index in [2.05, 4.69) is 67.5 Å². The molecule has 0 bridgehead atoms. The van der Waals surface area contributed by atoms with Gasteiger partial charge in [-0.15, -0.1) is 22.7 Å². The number of amidine groups is 2. The molecule has 2 aromatic carbocycles. The molecule has 0 atom stereocenters. The molecule has 10 heteroatoms. The number of hydrogen-bond donors (Lipinski definition) is 0. The van der Waals surface area contributed by atoms with Gasteiger partial charge in [-0.2, -0.15) is 0 Å². The fourth-order valence-electron chi connectivity index (χ4n) is 5.76. The van der Waals surface area contributed by atoms with Gasteiger partial charge in [-0.25, -0.2) is 0 Å². The van der Waals surface area contributed by atoms with E-state index in [-0.39, 0.29) is 0 Å².